The fourth-order valence-electron chi connectivity index (χ4n) is 1.57. The van der Waals surface area contributed by atoms with Gasteiger partial charge in [-0.25, -0.2) is 9.97 Å². The van der Waals surface area contributed by atoms with E-state index < -0.39 is 0 Å². The number of hydrogen-bond acceptors (Lipinski definition) is 6. The molecule has 2 aromatic rings. The maximum Gasteiger partial charge on any atom is 0.169 e. The number of rotatable bonds is 5. The van der Waals surface area contributed by atoms with E-state index in [9.17, 15) is 5.11 Å². The van der Waals surface area contributed by atoms with Gasteiger partial charge in [0.1, 0.15) is 0 Å². The lowest BCUT2D eigenvalue weighted by Gasteiger charge is -2.22. The summed E-state index contributed by atoms with van der Waals surface area (Å²) in [7, 11) is 0. The molecule has 0 atom stereocenters. The third kappa shape index (κ3) is 3.42. The summed E-state index contributed by atoms with van der Waals surface area (Å²) in [5.74, 6) is 0.873. The average Bonchev–Trinajstić information content (AvgIpc) is 2.47. The summed E-state index contributed by atoms with van der Waals surface area (Å²) >= 11 is 0. The third-order valence-electron chi connectivity index (χ3n) is 2.94. The van der Waals surface area contributed by atoms with Crippen LogP contribution < -0.4 is 11.1 Å². The highest BCUT2D eigenvalue weighted by Gasteiger charge is 2.17. The topological polar surface area (TPSA) is 97.0 Å². The van der Waals surface area contributed by atoms with Crippen molar-refractivity contribution in [2.24, 2.45) is 5.41 Å². The molecule has 0 amide bonds. The van der Waals surface area contributed by atoms with Crippen LogP contribution in [-0.4, -0.2) is 33.2 Å². The Labute approximate surface area is 118 Å². The molecular formula is C14H19N5O. The Morgan fingerprint density at radius 1 is 1.30 bits per heavy atom. The van der Waals surface area contributed by atoms with Crippen molar-refractivity contribution < 1.29 is 5.11 Å². The first-order valence-corrected chi connectivity index (χ1v) is 6.39. The minimum Gasteiger partial charge on any atom is -0.396 e. The molecule has 0 aliphatic rings. The minimum atomic E-state index is -0.249. The number of anilines is 2. The van der Waals surface area contributed by atoms with E-state index >= 15 is 0 Å². The van der Waals surface area contributed by atoms with Crippen molar-refractivity contribution in [3.63, 3.8) is 0 Å². The van der Waals surface area contributed by atoms with Gasteiger partial charge in [-0.15, -0.1) is 0 Å². The molecule has 2 rings (SSSR count). The van der Waals surface area contributed by atoms with Gasteiger partial charge >= 0.3 is 0 Å². The van der Waals surface area contributed by atoms with Crippen molar-refractivity contribution in [2.45, 2.75) is 13.8 Å². The zero-order chi connectivity index (χ0) is 14.6. The number of aliphatic hydroxyl groups excluding tert-OH is 1. The molecule has 106 valence electrons. The Kier molecular flexibility index (Phi) is 4.14. The van der Waals surface area contributed by atoms with Crippen LogP contribution in [0.1, 0.15) is 13.8 Å². The number of hydrogen-bond donors (Lipinski definition) is 3. The largest absolute Gasteiger partial charge is 0.396 e. The predicted octanol–water partition coefficient (Wildman–Crippen LogP) is 1.55. The SMILES string of the molecule is CC(C)(CO)CNc1nc(-c2ccncc2)cnc1N. The summed E-state index contributed by atoms with van der Waals surface area (Å²) in [5.41, 5.74) is 7.23. The van der Waals surface area contributed by atoms with Gasteiger partial charge in [0.25, 0.3) is 0 Å². The van der Waals surface area contributed by atoms with E-state index in [0.29, 0.717) is 18.2 Å². The second-order valence-corrected chi connectivity index (χ2v) is 5.40. The van der Waals surface area contributed by atoms with Gasteiger partial charge in [0.15, 0.2) is 11.6 Å². The van der Waals surface area contributed by atoms with Crippen molar-refractivity contribution in [1.29, 1.82) is 0 Å². The number of aromatic nitrogens is 3. The molecule has 0 aliphatic carbocycles. The minimum absolute atomic E-state index is 0.0807. The molecule has 0 radical (unpaired) electrons. The van der Waals surface area contributed by atoms with Crippen LogP contribution in [0, 0.1) is 5.41 Å². The van der Waals surface area contributed by atoms with Crippen LogP contribution in [0.3, 0.4) is 0 Å². The first kappa shape index (κ1) is 14.2. The summed E-state index contributed by atoms with van der Waals surface area (Å²) in [6.07, 6.45) is 5.04. The third-order valence-corrected chi connectivity index (χ3v) is 2.94. The van der Waals surface area contributed by atoms with E-state index in [4.69, 9.17) is 5.73 Å². The fourth-order valence-corrected chi connectivity index (χ4v) is 1.57. The highest BCUT2D eigenvalue weighted by Crippen LogP contribution is 2.22. The van der Waals surface area contributed by atoms with Crippen LogP contribution in [0.2, 0.25) is 0 Å². The molecule has 0 aliphatic heterocycles. The lowest BCUT2D eigenvalue weighted by molar-refractivity contribution is 0.171. The smallest absolute Gasteiger partial charge is 0.169 e. The lowest BCUT2D eigenvalue weighted by Crippen LogP contribution is -2.27. The normalized spacial score (nSPS) is 11.3. The number of nitrogens with one attached hydrogen (secondary N) is 1. The summed E-state index contributed by atoms with van der Waals surface area (Å²) < 4.78 is 0. The highest BCUT2D eigenvalue weighted by atomic mass is 16.3. The molecule has 2 aromatic heterocycles. The van der Waals surface area contributed by atoms with Crippen LogP contribution in [0.4, 0.5) is 11.6 Å². The molecule has 2 heterocycles. The molecule has 0 unspecified atom stereocenters. The van der Waals surface area contributed by atoms with Gasteiger partial charge in [0.05, 0.1) is 11.9 Å². The van der Waals surface area contributed by atoms with Crippen LogP contribution >= 0.6 is 0 Å². The summed E-state index contributed by atoms with van der Waals surface area (Å²) in [4.78, 5) is 12.6. The molecule has 0 aromatic carbocycles. The summed E-state index contributed by atoms with van der Waals surface area (Å²) in [6, 6.07) is 3.73. The fraction of sp³-hybridized carbons (Fsp3) is 0.357. The first-order chi connectivity index (χ1) is 9.52. The maximum atomic E-state index is 9.26. The van der Waals surface area contributed by atoms with Gasteiger partial charge in [0, 0.05) is 36.5 Å². The van der Waals surface area contributed by atoms with E-state index in [2.05, 4.69) is 20.3 Å². The zero-order valence-corrected chi connectivity index (χ0v) is 11.7. The van der Waals surface area contributed by atoms with Crippen molar-refractivity contribution in [3.05, 3.63) is 30.7 Å². The van der Waals surface area contributed by atoms with Gasteiger partial charge in [-0.1, -0.05) is 13.8 Å². The molecule has 20 heavy (non-hydrogen) atoms. The van der Waals surface area contributed by atoms with Crippen LogP contribution in [0.5, 0.6) is 0 Å². The molecule has 6 nitrogen and oxygen atoms in total. The molecule has 0 bridgehead atoms. The highest BCUT2D eigenvalue weighted by molar-refractivity contribution is 5.64. The number of nitrogens with zero attached hydrogens (tertiary/aromatic N) is 3. The molecule has 0 saturated heterocycles. The van der Waals surface area contributed by atoms with Gasteiger partial charge in [-0.3, -0.25) is 4.98 Å². The van der Waals surface area contributed by atoms with E-state index in [1.807, 2.05) is 26.0 Å². The van der Waals surface area contributed by atoms with Crippen molar-refractivity contribution in [3.8, 4) is 11.3 Å². The Morgan fingerprint density at radius 2 is 2.00 bits per heavy atom. The van der Waals surface area contributed by atoms with E-state index in [1.165, 1.54) is 0 Å². The molecule has 4 N–H and O–H groups in total. The van der Waals surface area contributed by atoms with Crippen LogP contribution in [0.25, 0.3) is 11.3 Å². The van der Waals surface area contributed by atoms with E-state index in [-0.39, 0.29) is 12.0 Å². The first-order valence-electron chi connectivity index (χ1n) is 6.39. The molecule has 0 fully saturated rings. The predicted molar refractivity (Wildman–Crippen MR) is 79.0 cm³/mol. The van der Waals surface area contributed by atoms with Gasteiger partial charge in [-0.05, 0) is 12.1 Å². The van der Waals surface area contributed by atoms with E-state index in [1.54, 1.807) is 18.6 Å². The number of nitrogens with two attached hydrogens (primary N) is 1. The molecule has 6 heteroatoms. The zero-order valence-electron chi connectivity index (χ0n) is 11.7. The van der Waals surface area contributed by atoms with E-state index in [0.717, 1.165) is 11.3 Å². The lowest BCUT2D eigenvalue weighted by atomic mass is 9.95. The van der Waals surface area contributed by atoms with Crippen LogP contribution in [0.15, 0.2) is 30.7 Å². The molecule has 0 spiro atoms. The quantitative estimate of drug-likeness (QED) is 0.764. The van der Waals surface area contributed by atoms with Gasteiger partial charge in [0.2, 0.25) is 0 Å². The van der Waals surface area contributed by atoms with Gasteiger partial charge in [-0.2, -0.15) is 0 Å². The monoisotopic (exact) mass is 273 g/mol. The van der Waals surface area contributed by atoms with Crippen molar-refractivity contribution in [1.82, 2.24) is 15.0 Å². The Bertz CT molecular complexity index is 571. The molecular weight excluding hydrogens is 254 g/mol. The number of nitrogen functional groups attached to an aromatic ring is 1. The Morgan fingerprint density at radius 3 is 2.65 bits per heavy atom. The van der Waals surface area contributed by atoms with Crippen molar-refractivity contribution in [2.75, 3.05) is 24.2 Å². The maximum absolute atomic E-state index is 9.26. The summed E-state index contributed by atoms with van der Waals surface area (Å²) in [5, 5.41) is 12.4. The van der Waals surface area contributed by atoms with Crippen molar-refractivity contribution >= 4 is 11.6 Å². The second kappa shape index (κ2) is 5.83. The Hall–Kier alpha value is -2.21. The number of aliphatic hydroxyl groups is 1. The van der Waals surface area contributed by atoms with Crippen LogP contribution in [-0.2, 0) is 0 Å². The second-order valence-electron chi connectivity index (χ2n) is 5.40. The van der Waals surface area contributed by atoms with Gasteiger partial charge < -0.3 is 16.2 Å². The average molecular weight is 273 g/mol. The Balaban J connectivity index is 2.22. The molecule has 0 saturated carbocycles. The summed E-state index contributed by atoms with van der Waals surface area (Å²) in [6.45, 7) is 4.55. The number of pyridine rings is 1. The standard InChI is InChI=1S/C14H19N5O/c1-14(2,9-20)8-18-13-12(15)17-7-11(19-13)10-3-5-16-6-4-10/h3-7,20H,8-9H2,1-2H3,(H2,15,17)(H,18,19).